The number of nitrogens with one attached hydrogen (secondary N) is 1. The first kappa shape index (κ1) is 17.4. The predicted octanol–water partition coefficient (Wildman–Crippen LogP) is 3.19. The molecule has 6 nitrogen and oxygen atoms in total. The number of hydrogen-bond donors (Lipinski definition) is 1. The van der Waals surface area contributed by atoms with Crippen molar-refractivity contribution < 1.29 is 14.3 Å². The maximum Gasteiger partial charge on any atom is 0.268 e. The summed E-state index contributed by atoms with van der Waals surface area (Å²) in [7, 11) is 0. The van der Waals surface area contributed by atoms with E-state index in [0.717, 1.165) is 5.69 Å². The van der Waals surface area contributed by atoms with Crippen LogP contribution in [0.25, 0.3) is 0 Å². The Labute approximate surface area is 150 Å². The maximum absolute atomic E-state index is 12.4. The van der Waals surface area contributed by atoms with Crippen molar-refractivity contribution in [2.45, 2.75) is 39.2 Å². The zero-order valence-electron chi connectivity index (χ0n) is 14.7. The molecule has 1 aromatic heterocycles. The largest absolute Gasteiger partial charge is 0.479 e. The fourth-order valence-electron chi connectivity index (χ4n) is 2.50. The second-order valence-corrected chi connectivity index (χ2v) is 7.85. The normalized spacial score (nSPS) is 17.0. The van der Waals surface area contributed by atoms with Crippen LogP contribution in [0.5, 0.6) is 5.75 Å². The van der Waals surface area contributed by atoms with Crippen LogP contribution in [0, 0.1) is 0 Å². The molecule has 1 N–H and O–H groups in total. The number of para-hydroxylation sites is 2. The first-order valence-electron chi connectivity index (χ1n) is 8.08. The molecule has 1 unspecified atom stereocenters. The second-order valence-electron chi connectivity index (χ2n) is 6.99. The van der Waals surface area contributed by atoms with Crippen molar-refractivity contribution in [2.75, 3.05) is 16.8 Å². The monoisotopic (exact) mass is 359 g/mol. The van der Waals surface area contributed by atoms with E-state index < -0.39 is 6.10 Å². The van der Waals surface area contributed by atoms with Gasteiger partial charge in [0.1, 0.15) is 12.3 Å². The third kappa shape index (κ3) is 3.66. The van der Waals surface area contributed by atoms with E-state index in [2.05, 4.69) is 31.1 Å². The van der Waals surface area contributed by atoms with Gasteiger partial charge in [0.2, 0.25) is 5.91 Å². The SMILES string of the molecule is CC1Oc2ccccc2N(CC(=O)Nc2nc(C(C)(C)C)cs2)C1=O. The Morgan fingerprint density at radius 2 is 2.08 bits per heavy atom. The topological polar surface area (TPSA) is 71.5 Å². The molecule has 1 aliphatic heterocycles. The molecular weight excluding hydrogens is 338 g/mol. The summed E-state index contributed by atoms with van der Waals surface area (Å²) >= 11 is 1.38. The molecule has 2 aromatic rings. The molecule has 0 spiro atoms. The van der Waals surface area contributed by atoms with E-state index in [0.29, 0.717) is 16.6 Å². The van der Waals surface area contributed by atoms with Gasteiger partial charge in [-0.1, -0.05) is 32.9 Å². The van der Waals surface area contributed by atoms with E-state index >= 15 is 0 Å². The van der Waals surface area contributed by atoms with Crippen LogP contribution in [0.4, 0.5) is 10.8 Å². The Balaban J connectivity index is 1.74. The summed E-state index contributed by atoms with van der Waals surface area (Å²) in [6, 6.07) is 7.21. The Bertz CT molecular complexity index is 810. The summed E-state index contributed by atoms with van der Waals surface area (Å²) in [6.07, 6.45) is -0.616. The number of carbonyl (C=O) groups is 2. The molecule has 0 radical (unpaired) electrons. The Kier molecular flexibility index (Phi) is 4.51. The number of nitrogens with zero attached hydrogens (tertiary/aromatic N) is 2. The summed E-state index contributed by atoms with van der Waals surface area (Å²) < 4.78 is 5.58. The van der Waals surface area contributed by atoms with Gasteiger partial charge in [-0.05, 0) is 19.1 Å². The lowest BCUT2D eigenvalue weighted by Gasteiger charge is -2.32. The minimum Gasteiger partial charge on any atom is -0.479 e. The van der Waals surface area contributed by atoms with E-state index in [1.807, 2.05) is 17.5 Å². The van der Waals surface area contributed by atoms with Crippen molar-refractivity contribution >= 4 is 34.0 Å². The number of aromatic nitrogens is 1. The van der Waals surface area contributed by atoms with Crippen LogP contribution in [0.15, 0.2) is 29.6 Å². The van der Waals surface area contributed by atoms with Gasteiger partial charge in [0.25, 0.3) is 5.91 Å². The summed E-state index contributed by atoms with van der Waals surface area (Å²) in [4.78, 5) is 30.7. The number of thiazole rings is 1. The van der Waals surface area contributed by atoms with Crippen LogP contribution < -0.4 is 15.0 Å². The number of benzene rings is 1. The van der Waals surface area contributed by atoms with Crippen molar-refractivity contribution in [2.24, 2.45) is 0 Å². The molecule has 7 heteroatoms. The molecule has 0 aliphatic carbocycles. The molecule has 2 heterocycles. The quantitative estimate of drug-likeness (QED) is 0.913. The highest BCUT2D eigenvalue weighted by molar-refractivity contribution is 7.14. The number of ether oxygens (including phenoxy) is 1. The summed E-state index contributed by atoms with van der Waals surface area (Å²) in [5.41, 5.74) is 1.46. The number of hydrogen-bond acceptors (Lipinski definition) is 5. The Morgan fingerprint density at radius 1 is 1.36 bits per heavy atom. The van der Waals surface area contributed by atoms with Crippen LogP contribution in [0.3, 0.4) is 0 Å². The number of amides is 2. The highest BCUT2D eigenvalue weighted by atomic mass is 32.1. The molecule has 0 saturated carbocycles. The first-order chi connectivity index (χ1) is 11.8. The Morgan fingerprint density at radius 3 is 2.76 bits per heavy atom. The zero-order chi connectivity index (χ0) is 18.2. The number of fused-ring (bicyclic) bond motifs is 1. The fourth-order valence-corrected chi connectivity index (χ4v) is 3.45. The minimum atomic E-state index is -0.616. The third-order valence-electron chi connectivity index (χ3n) is 3.89. The lowest BCUT2D eigenvalue weighted by molar-refractivity contribution is -0.127. The van der Waals surface area contributed by atoms with E-state index in [9.17, 15) is 9.59 Å². The Hall–Kier alpha value is -2.41. The zero-order valence-corrected chi connectivity index (χ0v) is 15.5. The van der Waals surface area contributed by atoms with Crippen molar-refractivity contribution in [3.05, 3.63) is 35.3 Å². The van der Waals surface area contributed by atoms with Crippen molar-refractivity contribution in [3.63, 3.8) is 0 Å². The van der Waals surface area contributed by atoms with Gasteiger partial charge in [-0.2, -0.15) is 0 Å². The van der Waals surface area contributed by atoms with Gasteiger partial charge < -0.3 is 10.1 Å². The molecule has 0 saturated heterocycles. The first-order valence-corrected chi connectivity index (χ1v) is 8.96. The second kappa shape index (κ2) is 6.48. The highest BCUT2D eigenvalue weighted by Gasteiger charge is 2.32. The van der Waals surface area contributed by atoms with E-state index in [1.165, 1.54) is 16.2 Å². The molecule has 25 heavy (non-hydrogen) atoms. The average Bonchev–Trinajstić information content (AvgIpc) is 3.00. The van der Waals surface area contributed by atoms with E-state index in [-0.39, 0.29) is 23.8 Å². The van der Waals surface area contributed by atoms with Gasteiger partial charge in [-0.25, -0.2) is 4.98 Å². The summed E-state index contributed by atoms with van der Waals surface area (Å²) in [5.74, 6) is 0.0853. The van der Waals surface area contributed by atoms with Gasteiger partial charge in [0.15, 0.2) is 11.2 Å². The van der Waals surface area contributed by atoms with Crippen molar-refractivity contribution in [1.82, 2.24) is 4.98 Å². The number of rotatable bonds is 3. The minimum absolute atomic E-state index is 0.0754. The molecule has 3 rings (SSSR count). The molecule has 1 aliphatic rings. The van der Waals surface area contributed by atoms with Crippen LogP contribution in [0.1, 0.15) is 33.4 Å². The van der Waals surface area contributed by atoms with Gasteiger partial charge in [0, 0.05) is 10.8 Å². The average molecular weight is 359 g/mol. The van der Waals surface area contributed by atoms with Crippen LogP contribution in [0.2, 0.25) is 0 Å². The lowest BCUT2D eigenvalue weighted by atomic mass is 9.93. The van der Waals surface area contributed by atoms with Crippen molar-refractivity contribution in [1.29, 1.82) is 0 Å². The van der Waals surface area contributed by atoms with Gasteiger partial charge in [-0.15, -0.1) is 11.3 Å². The van der Waals surface area contributed by atoms with Gasteiger partial charge >= 0.3 is 0 Å². The summed E-state index contributed by atoms with van der Waals surface area (Å²) in [5, 5.41) is 5.26. The predicted molar refractivity (Wildman–Crippen MR) is 98.3 cm³/mol. The van der Waals surface area contributed by atoms with Gasteiger partial charge in [0.05, 0.1) is 11.4 Å². The summed E-state index contributed by atoms with van der Waals surface area (Å²) in [6.45, 7) is 7.81. The van der Waals surface area contributed by atoms with Gasteiger partial charge in [-0.3, -0.25) is 14.5 Å². The maximum atomic E-state index is 12.4. The van der Waals surface area contributed by atoms with Crippen molar-refractivity contribution in [3.8, 4) is 5.75 Å². The smallest absolute Gasteiger partial charge is 0.268 e. The molecule has 1 aromatic carbocycles. The third-order valence-corrected chi connectivity index (χ3v) is 4.65. The van der Waals surface area contributed by atoms with Crippen LogP contribution >= 0.6 is 11.3 Å². The molecule has 1 atom stereocenters. The van der Waals surface area contributed by atoms with Crippen LogP contribution in [-0.4, -0.2) is 29.4 Å². The molecule has 2 amide bonds. The van der Waals surface area contributed by atoms with Crippen LogP contribution in [-0.2, 0) is 15.0 Å². The standard InChI is InChI=1S/C18H21N3O3S/c1-11-16(23)21(12-7-5-6-8-13(12)24-11)9-15(22)20-17-19-14(10-25-17)18(2,3)4/h5-8,10-11H,9H2,1-4H3,(H,19,20,22). The molecular formula is C18H21N3O3S. The lowest BCUT2D eigenvalue weighted by Crippen LogP contribution is -2.47. The molecule has 132 valence electrons. The fraction of sp³-hybridized carbons (Fsp3) is 0.389. The van der Waals surface area contributed by atoms with E-state index in [1.54, 1.807) is 19.1 Å². The highest BCUT2D eigenvalue weighted by Crippen LogP contribution is 2.33. The van der Waals surface area contributed by atoms with E-state index in [4.69, 9.17) is 4.74 Å². The number of anilines is 2. The number of carbonyl (C=O) groups excluding carboxylic acids is 2. The molecule has 0 fully saturated rings. The molecule has 0 bridgehead atoms.